The molecule has 0 radical (unpaired) electrons. The van der Waals surface area contributed by atoms with Gasteiger partial charge in [-0.3, -0.25) is 0 Å². The Morgan fingerprint density at radius 1 is 1.42 bits per heavy atom. The van der Waals surface area contributed by atoms with E-state index in [1.807, 2.05) is 0 Å². The number of nitrogens with two attached hydrogens (primary N) is 1. The number of benzene rings is 1. The minimum Gasteiger partial charge on any atom is -0.326 e. The van der Waals surface area contributed by atoms with Crippen LogP contribution in [0.4, 0.5) is 0 Å². The lowest BCUT2D eigenvalue weighted by atomic mass is 10.2. The van der Waals surface area contributed by atoms with Gasteiger partial charge >= 0.3 is 0 Å². The summed E-state index contributed by atoms with van der Waals surface area (Å²) in [5, 5.41) is 0.480. The quantitative estimate of drug-likeness (QED) is 0.874. The van der Waals surface area contributed by atoms with Crippen LogP contribution in [0.3, 0.4) is 0 Å². The van der Waals surface area contributed by atoms with Gasteiger partial charge in [-0.2, -0.15) is 0 Å². The molecule has 1 aromatic carbocycles. The second-order valence-corrected chi connectivity index (χ2v) is 7.39. The highest BCUT2D eigenvalue weighted by Gasteiger charge is 2.33. The smallest absolute Gasteiger partial charge is 0.242 e. The molecule has 1 saturated carbocycles. The third kappa shape index (κ3) is 3.23. The molecule has 0 amide bonds. The zero-order chi connectivity index (χ0) is 14.2. The first kappa shape index (κ1) is 15.1. The van der Waals surface area contributed by atoms with Gasteiger partial charge in [0.25, 0.3) is 0 Å². The average Bonchev–Trinajstić information content (AvgIpc) is 3.03. The minimum absolute atomic E-state index is 0.0346. The second-order valence-electron chi connectivity index (χ2n) is 4.87. The van der Waals surface area contributed by atoms with Crippen LogP contribution in [0, 0.1) is 11.8 Å². The molecule has 0 spiro atoms. The Labute approximate surface area is 123 Å². The van der Waals surface area contributed by atoms with E-state index in [2.05, 4.69) is 11.6 Å². The molecule has 0 heterocycles. The molecule has 1 aliphatic rings. The van der Waals surface area contributed by atoms with Gasteiger partial charge in [0.2, 0.25) is 10.0 Å². The van der Waals surface area contributed by atoms with E-state index in [9.17, 15) is 8.42 Å². The van der Waals surface area contributed by atoms with Crippen molar-refractivity contribution in [1.82, 2.24) is 4.72 Å². The van der Waals surface area contributed by atoms with E-state index >= 15 is 0 Å². The Balaban J connectivity index is 2.24. The van der Waals surface area contributed by atoms with Crippen LogP contribution >= 0.6 is 23.2 Å². The first-order valence-electron chi connectivity index (χ1n) is 6.03. The summed E-state index contributed by atoms with van der Waals surface area (Å²) in [6.07, 6.45) is 1.06. The van der Waals surface area contributed by atoms with E-state index in [4.69, 9.17) is 28.9 Å². The summed E-state index contributed by atoms with van der Waals surface area (Å²) < 4.78 is 27.0. The second kappa shape index (κ2) is 5.58. The summed E-state index contributed by atoms with van der Waals surface area (Å²) in [4.78, 5) is 0.0346. The van der Waals surface area contributed by atoms with Crippen molar-refractivity contribution in [1.29, 1.82) is 0 Å². The molecule has 19 heavy (non-hydrogen) atoms. The van der Waals surface area contributed by atoms with E-state index in [-0.39, 0.29) is 16.5 Å². The minimum atomic E-state index is -3.61. The van der Waals surface area contributed by atoms with Crippen LogP contribution in [0.5, 0.6) is 0 Å². The number of rotatable bonds is 5. The molecule has 0 saturated heterocycles. The standard InChI is InChI=1S/C12H16Cl2N2O2S/c1-7-4-8(7)6-16-19(17,18)11-3-2-10(13)9(5-15)12(11)14/h2-3,7-8,16H,4-6,15H2,1H3. The zero-order valence-electron chi connectivity index (χ0n) is 10.5. The molecule has 1 fully saturated rings. The highest BCUT2D eigenvalue weighted by atomic mass is 35.5. The van der Waals surface area contributed by atoms with Crippen LogP contribution in [-0.4, -0.2) is 15.0 Å². The van der Waals surface area contributed by atoms with Crippen LogP contribution in [-0.2, 0) is 16.6 Å². The Hall–Kier alpha value is -0.330. The summed E-state index contributed by atoms with van der Waals surface area (Å²) in [6, 6.07) is 2.91. The first-order valence-corrected chi connectivity index (χ1v) is 8.27. The van der Waals surface area contributed by atoms with E-state index in [0.717, 1.165) is 6.42 Å². The summed E-state index contributed by atoms with van der Waals surface area (Å²) >= 11 is 12.0. The average molecular weight is 323 g/mol. The number of sulfonamides is 1. The lowest BCUT2D eigenvalue weighted by Crippen LogP contribution is -2.26. The fraction of sp³-hybridized carbons (Fsp3) is 0.500. The maximum absolute atomic E-state index is 12.2. The number of hydrogen-bond donors (Lipinski definition) is 2. The van der Waals surface area contributed by atoms with E-state index in [0.29, 0.717) is 29.0 Å². The predicted molar refractivity (Wildman–Crippen MR) is 76.8 cm³/mol. The Bertz CT molecular complexity index is 590. The molecule has 2 rings (SSSR count). The van der Waals surface area contributed by atoms with Crippen LogP contribution < -0.4 is 10.5 Å². The van der Waals surface area contributed by atoms with Gasteiger partial charge in [0.05, 0.1) is 5.02 Å². The predicted octanol–water partition coefficient (Wildman–Crippen LogP) is 2.39. The van der Waals surface area contributed by atoms with Gasteiger partial charge in [0.1, 0.15) is 4.90 Å². The highest BCUT2D eigenvalue weighted by Crippen LogP contribution is 2.37. The Morgan fingerprint density at radius 2 is 2.05 bits per heavy atom. The summed E-state index contributed by atoms with van der Waals surface area (Å²) in [7, 11) is -3.61. The SMILES string of the molecule is CC1CC1CNS(=O)(=O)c1ccc(Cl)c(CN)c1Cl. The molecule has 2 atom stereocenters. The van der Waals surface area contributed by atoms with Gasteiger partial charge in [-0.1, -0.05) is 30.1 Å². The highest BCUT2D eigenvalue weighted by molar-refractivity contribution is 7.89. The van der Waals surface area contributed by atoms with Gasteiger partial charge in [-0.25, -0.2) is 13.1 Å². The summed E-state index contributed by atoms with van der Waals surface area (Å²) in [5.41, 5.74) is 5.98. The van der Waals surface area contributed by atoms with Crippen molar-refractivity contribution in [2.75, 3.05) is 6.54 Å². The molecule has 3 N–H and O–H groups in total. The third-order valence-corrected chi connectivity index (χ3v) is 5.82. The van der Waals surface area contributed by atoms with Crippen molar-refractivity contribution < 1.29 is 8.42 Å². The first-order chi connectivity index (χ1) is 8.86. The van der Waals surface area contributed by atoms with Crippen LogP contribution in [0.1, 0.15) is 18.9 Å². The molecule has 7 heteroatoms. The lowest BCUT2D eigenvalue weighted by Gasteiger charge is -2.11. The van der Waals surface area contributed by atoms with Crippen molar-refractivity contribution in [3.8, 4) is 0 Å². The largest absolute Gasteiger partial charge is 0.326 e. The maximum Gasteiger partial charge on any atom is 0.242 e. The van der Waals surface area contributed by atoms with Gasteiger partial charge in [0.15, 0.2) is 0 Å². The van der Waals surface area contributed by atoms with E-state index in [1.165, 1.54) is 12.1 Å². The topological polar surface area (TPSA) is 72.2 Å². The Kier molecular flexibility index (Phi) is 4.42. The molecule has 106 valence electrons. The van der Waals surface area contributed by atoms with E-state index < -0.39 is 10.0 Å². The molecule has 1 aliphatic carbocycles. The van der Waals surface area contributed by atoms with Crippen molar-refractivity contribution >= 4 is 33.2 Å². The van der Waals surface area contributed by atoms with Crippen LogP contribution in [0.2, 0.25) is 10.0 Å². The van der Waals surface area contributed by atoms with Gasteiger partial charge in [0, 0.05) is 23.7 Å². The van der Waals surface area contributed by atoms with Gasteiger partial charge in [-0.05, 0) is 30.4 Å². The molecule has 1 aromatic rings. The maximum atomic E-state index is 12.2. The number of halogens is 2. The monoisotopic (exact) mass is 322 g/mol. The van der Waals surface area contributed by atoms with Crippen molar-refractivity contribution in [2.45, 2.75) is 24.8 Å². The third-order valence-electron chi connectivity index (χ3n) is 3.46. The molecule has 0 aromatic heterocycles. The molecular formula is C12H16Cl2N2O2S. The fourth-order valence-corrected chi connectivity index (χ4v) is 3.97. The molecule has 2 unspecified atom stereocenters. The molecular weight excluding hydrogens is 307 g/mol. The van der Waals surface area contributed by atoms with E-state index in [1.54, 1.807) is 0 Å². The Morgan fingerprint density at radius 3 is 2.58 bits per heavy atom. The lowest BCUT2D eigenvalue weighted by molar-refractivity contribution is 0.574. The molecule has 0 aliphatic heterocycles. The van der Waals surface area contributed by atoms with Gasteiger partial charge in [-0.15, -0.1) is 0 Å². The van der Waals surface area contributed by atoms with Crippen molar-refractivity contribution in [2.24, 2.45) is 17.6 Å². The number of nitrogens with one attached hydrogen (secondary N) is 1. The number of hydrogen-bond acceptors (Lipinski definition) is 3. The van der Waals surface area contributed by atoms with Gasteiger partial charge < -0.3 is 5.73 Å². The normalized spacial score (nSPS) is 22.5. The van der Waals surface area contributed by atoms with Crippen molar-refractivity contribution in [3.63, 3.8) is 0 Å². The summed E-state index contributed by atoms with van der Waals surface area (Å²) in [6.45, 7) is 2.64. The zero-order valence-corrected chi connectivity index (χ0v) is 12.8. The van der Waals surface area contributed by atoms with Crippen LogP contribution in [0.25, 0.3) is 0 Å². The summed E-state index contributed by atoms with van der Waals surface area (Å²) in [5.74, 6) is 1.01. The molecule has 0 bridgehead atoms. The van der Waals surface area contributed by atoms with Crippen LogP contribution in [0.15, 0.2) is 17.0 Å². The fourth-order valence-electron chi connectivity index (χ4n) is 1.95. The molecule has 4 nitrogen and oxygen atoms in total. The van der Waals surface area contributed by atoms with Crippen molar-refractivity contribution in [3.05, 3.63) is 27.7 Å².